The molecule has 3 nitrogen and oxygen atoms in total. The quantitative estimate of drug-likeness (QED) is 0.557. The Bertz CT molecular complexity index is 140. The zero-order valence-electron chi connectivity index (χ0n) is 5.64. The van der Waals surface area contributed by atoms with Gasteiger partial charge in [-0.05, 0) is 19.3 Å². The van der Waals surface area contributed by atoms with Crippen molar-refractivity contribution < 1.29 is 9.18 Å². The van der Waals surface area contributed by atoms with E-state index in [1.165, 1.54) is 0 Å². The molecule has 1 fully saturated rings. The van der Waals surface area contributed by atoms with E-state index in [1.807, 2.05) is 0 Å². The summed E-state index contributed by atoms with van der Waals surface area (Å²) in [4.78, 5) is 10.3. The average Bonchev–Trinajstić information content (AvgIpc) is 2.13. The van der Waals surface area contributed by atoms with Crippen LogP contribution in [-0.4, -0.2) is 18.2 Å². The summed E-state index contributed by atoms with van der Waals surface area (Å²) in [5.74, 6) is 0. The van der Waals surface area contributed by atoms with Gasteiger partial charge < -0.3 is 11.1 Å². The maximum absolute atomic E-state index is 12.4. The van der Waals surface area contributed by atoms with Crippen molar-refractivity contribution in [3.05, 3.63) is 0 Å². The Balaban J connectivity index is 2.24. The van der Waals surface area contributed by atoms with Crippen LogP contribution in [0.4, 0.5) is 9.18 Å². The maximum Gasteiger partial charge on any atom is 0.312 e. The number of rotatable bonds is 1. The standard InChI is InChI=1S/C6H11FN2O/c7-4-1-2-5(3-4)9-6(8)10/h4-5H,1-3H2,(H3,8,9,10)/t4-,5-/m0/s1. The van der Waals surface area contributed by atoms with Crippen molar-refractivity contribution in [2.45, 2.75) is 31.5 Å². The minimum Gasteiger partial charge on any atom is -0.352 e. The van der Waals surface area contributed by atoms with Crippen LogP contribution in [0.3, 0.4) is 0 Å². The number of nitrogens with one attached hydrogen (secondary N) is 1. The molecule has 0 bridgehead atoms. The van der Waals surface area contributed by atoms with Crippen LogP contribution in [0.25, 0.3) is 0 Å². The Morgan fingerprint density at radius 2 is 2.30 bits per heavy atom. The first-order valence-corrected chi connectivity index (χ1v) is 3.38. The van der Waals surface area contributed by atoms with Crippen molar-refractivity contribution in [1.29, 1.82) is 0 Å². The number of amides is 2. The molecule has 10 heavy (non-hydrogen) atoms. The van der Waals surface area contributed by atoms with E-state index >= 15 is 0 Å². The van der Waals surface area contributed by atoms with Gasteiger partial charge in [-0.1, -0.05) is 0 Å². The van der Waals surface area contributed by atoms with Gasteiger partial charge in [-0.2, -0.15) is 0 Å². The summed E-state index contributed by atoms with van der Waals surface area (Å²) in [6, 6.07) is -0.591. The Morgan fingerprint density at radius 1 is 1.60 bits per heavy atom. The van der Waals surface area contributed by atoms with Crippen LogP contribution < -0.4 is 11.1 Å². The number of carbonyl (C=O) groups excluding carboxylic acids is 1. The van der Waals surface area contributed by atoms with Gasteiger partial charge in [0.2, 0.25) is 0 Å². The van der Waals surface area contributed by atoms with Crippen LogP contribution >= 0.6 is 0 Å². The van der Waals surface area contributed by atoms with E-state index < -0.39 is 12.2 Å². The highest BCUT2D eigenvalue weighted by molar-refractivity contribution is 5.71. The molecule has 4 heteroatoms. The molecule has 1 rings (SSSR count). The van der Waals surface area contributed by atoms with Crippen molar-refractivity contribution in [1.82, 2.24) is 5.32 Å². The molecule has 0 aliphatic heterocycles. The summed E-state index contributed by atoms with van der Waals surface area (Å²) < 4.78 is 12.4. The van der Waals surface area contributed by atoms with Gasteiger partial charge in [0.1, 0.15) is 6.17 Å². The summed E-state index contributed by atoms with van der Waals surface area (Å²) in [6.07, 6.45) is 0.926. The van der Waals surface area contributed by atoms with Crippen LogP contribution in [-0.2, 0) is 0 Å². The minimum atomic E-state index is -0.753. The van der Waals surface area contributed by atoms with Gasteiger partial charge >= 0.3 is 6.03 Å². The number of nitrogens with two attached hydrogens (primary N) is 1. The molecule has 0 unspecified atom stereocenters. The lowest BCUT2D eigenvalue weighted by Gasteiger charge is -2.07. The van der Waals surface area contributed by atoms with E-state index in [9.17, 15) is 9.18 Å². The van der Waals surface area contributed by atoms with Gasteiger partial charge in [0.15, 0.2) is 0 Å². The third-order valence-corrected chi connectivity index (χ3v) is 1.72. The normalized spacial score (nSPS) is 32.1. The molecule has 0 saturated heterocycles. The van der Waals surface area contributed by atoms with Crippen LogP contribution in [0.1, 0.15) is 19.3 Å². The number of primary amides is 1. The van der Waals surface area contributed by atoms with Crippen molar-refractivity contribution in [3.8, 4) is 0 Å². The highest BCUT2D eigenvalue weighted by Gasteiger charge is 2.24. The molecule has 2 atom stereocenters. The lowest BCUT2D eigenvalue weighted by molar-refractivity contribution is 0.244. The monoisotopic (exact) mass is 146 g/mol. The molecule has 0 radical (unpaired) electrons. The molecule has 0 heterocycles. The third kappa shape index (κ3) is 1.86. The van der Waals surface area contributed by atoms with Gasteiger partial charge in [-0.3, -0.25) is 0 Å². The maximum atomic E-state index is 12.4. The van der Waals surface area contributed by atoms with E-state index in [0.29, 0.717) is 19.3 Å². The minimum absolute atomic E-state index is 0.0347. The molecular formula is C6H11FN2O. The zero-order chi connectivity index (χ0) is 7.56. The van der Waals surface area contributed by atoms with Gasteiger partial charge in [0.25, 0.3) is 0 Å². The number of halogens is 1. The smallest absolute Gasteiger partial charge is 0.312 e. The first kappa shape index (κ1) is 7.31. The van der Waals surface area contributed by atoms with Crippen molar-refractivity contribution in [3.63, 3.8) is 0 Å². The molecular weight excluding hydrogens is 135 g/mol. The van der Waals surface area contributed by atoms with E-state index in [0.717, 1.165) is 0 Å². The predicted molar refractivity (Wildman–Crippen MR) is 35.3 cm³/mol. The lowest BCUT2D eigenvalue weighted by atomic mass is 10.2. The Kier molecular flexibility index (Phi) is 2.09. The SMILES string of the molecule is NC(=O)N[C@H]1CC[C@H](F)C1. The Morgan fingerprint density at radius 3 is 2.70 bits per heavy atom. The fourth-order valence-electron chi connectivity index (χ4n) is 1.26. The molecule has 0 aromatic carbocycles. The van der Waals surface area contributed by atoms with Crippen LogP contribution in [0.2, 0.25) is 0 Å². The molecule has 58 valence electrons. The number of urea groups is 1. The molecule has 2 amide bonds. The molecule has 1 aliphatic carbocycles. The van der Waals surface area contributed by atoms with E-state index in [1.54, 1.807) is 0 Å². The van der Waals surface area contributed by atoms with E-state index in [2.05, 4.69) is 5.32 Å². The van der Waals surface area contributed by atoms with Gasteiger partial charge in [-0.15, -0.1) is 0 Å². The summed E-state index contributed by atoms with van der Waals surface area (Å²) in [7, 11) is 0. The predicted octanol–water partition coefficient (Wildman–Crippen LogP) is 0.545. The second-order valence-electron chi connectivity index (χ2n) is 2.62. The second-order valence-corrected chi connectivity index (χ2v) is 2.62. The Hall–Kier alpha value is -0.800. The van der Waals surface area contributed by atoms with Crippen LogP contribution in [0, 0.1) is 0 Å². The molecule has 1 aliphatic rings. The van der Waals surface area contributed by atoms with Gasteiger partial charge in [0.05, 0.1) is 0 Å². The van der Waals surface area contributed by atoms with Gasteiger partial charge in [0, 0.05) is 6.04 Å². The highest BCUT2D eigenvalue weighted by Crippen LogP contribution is 2.21. The number of alkyl halides is 1. The number of carbonyl (C=O) groups is 1. The summed E-state index contributed by atoms with van der Waals surface area (Å²) in [5, 5.41) is 2.47. The molecule has 0 aromatic heterocycles. The molecule has 1 saturated carbocycles. The fourth-order valence-corrected chi connectivity index (χ4v) is 1.26. The topological polar surface area (TPSA) is 55.1 Å². The molecule has 0 spiro atoms. The average molecular weight is 146 g/mol. The first-order chi connectivity index (χ1) is 4.68. The number of hydrogen-bond acceptors (Lipinski definition) is 1. The Labute approximate surface area is 58.8 Å². The second kappa shape index (κ2) is 2.86. The molecule has 0 aromatic rings. The highest BCUT2D eigenvalue weighted by atomic mass is 19.1. The summed E-state index contributed by atoms with van der Waals surface area (Å²) in [6.45, 7) is 0. The zero-order valence-corrected chi connectivity index (χ0v) is 5.64. The van der Waals surface area contributed by atoms with Crippen molar-refractivity contribution >= 4 is 6.03 Å². The van der Waals surface area contributed by atoms with Crippen molar-refractivity contribution in [2.24, 2.45) is 5.73 Å². The van der Waals surface area contributed by atoms with Gasteiger partial charge in [-0.25, -0.2) is 9.18 Å². The van der Waals surface area contributed by atoms with Crippen LogP contribution in [0.15, 0.2) is 0 Å². The first-order valence-electron chi connectivity index (χ1n) is 3.38. The third-order valence-electron chi connectivity index (χ3n) is 1.72. The summed E-state index contributed by atoms with van der Waals surface area (Å²) >= 11 is 0. The summed E-state index contributed by atoms with van der Waals surface area (Å²) in [5.41, 5.74) is 4.85. The molecule has 3 N–H and O–H groups in total. The van der Waals surface area contributed by atoms with Crippen molar-refractivity contribution in [2.75, 3.05) is 0 Å². The fraction of sp³-hybridized carbons (Fsp3) is 0.833. The van der Waals surface area contributed by atoms with E-state index in [-0.39, 0.29) is 6.04 Å². The van der Waals surface area contributed by atoms with Crippen LogP contribution in [0.5, 0.6) is 0 Å². The lowest BCUT2D eigenvalue weighted by Crippen LogP contribution is -2.37. The van der Waals surface area contributed by atoms with E-state index in [4.69, 9.17) is 5.73 Å². The largest absolute Gasteiger partial charge is 0.352 e. The number of hydrogen-bond donors (Lipinski definition) is 2.